The molecule has 2 fully saturated rings. The molecule has 1 aliphatic heterocycles. The van der Waals surface area contributed by atoms with Crippen molar-refractivity contribution >= 4 is 6.03 Å². The Bertz CT molecular complexity index is 238. The van der Waals surface area contributed by atoms with E-state index in [-0.39, 0.29) is 6.03 Å². The van der Waals surface area contributed by atoms with Crippen LogP contribution in [0.15, 0.2) is 0 Å². The second-order valence-electron chi connectivity index (χ2n) is 4.92. The van der Waals surface area contributed by atoms with Gasteiger partial charge in [-0.2, -0.15) is 0 Å². The molecule has 2 N–H and O–H groups in total. The van der Waals surface area contributed by atoms with Crippen molar-refractivity contribution in [2.75, 3.05) is 19.6 Å². The zero-order valence-corrected chi connectivity index (χ0v) is 10.2. The van der Waals surface area contributed by atoms with E-state index in [1.54, 1.807) is 0 Å². The standard InChI is InChI=1S/C12H23N3O/c1-2-13-12(16)15-8-7-11(9-15)14-10-5-3-4-6-10/h10-11,14H,2-9H2,1H3,(H,13,16). The van der Waals surface area contributed by atoms with Gasteiger partial charge in [-0.15, -0.1) is 0 Å². The fourth-order valence-corrected chi connectivity index (χ4v) is 2.77. The van der Waals surface area contributed by atoms with E-state index in [9.17, 15) is 4.79 Å². The summed E-state index contributed by atoms with van der Waals surface area (Å²) in [6, 6.07) is 1.32. The summed E-state index contributed by atoms with van der Waals surface area (Å²) in [5, 5.41) is 6.54. The van der Waals surface area contributed by atoms with Crippen LogP contribution in [0.4, 0.5) is 4.79 Å². The molecule has 1 atom stereocenters. The molecule has 0 aromatic rings. The van der Waals surface area contributed by atoms with Gasteiger partial charge in [0, 0.05) is 31.7 Å². The number of hydrogen-bond donors (Lipinski definition) is 2. The minimum Gasteiger partial charge on any atom is -0.338 e. The van der Waals surface area contributed by atoms with Crippen LogP contribution >= 0.6 is 0 Å². The van der Waals surface area contributed by atoms with Gasteiger partial charge in [0.15, 0.2) is 0 Å². The predicted octanol–water partition coefficient (Wildman–Crippen LogP) is 1.32. The summed E-state index contributed by atoms with van der Waals surface area (Å²) in [5.41, 5.74) is 0. The highest BCUT2D eigenvalue weighted by Crippen LogP contribution is 2.20. The van der Waals surface area contributed by atoms with Gasteiger partial charge in [0.25, 0.3) is 0 Å². The van der Waals surface area contributed by atoms with Gasteiger partial charge >= 0.3 is 6.03 Å². The minimum atomic E-state index is 0.0956. The van der Waals surface area contributed by atoms with Crippen molar-refractivity contribution in [3.63, 3.8) is 0 Å². The van der Waals surface area contributed by atoms with Crippen molar-refractivity contribution in [1.82, 2.24) is 15.5 Å². The zero-order chi connectivity index (χ0) is 11.4. The molecule has 2 amide bonds. The monoisotopic (exact) mass is 225 g/mol. The SMILES string of the molecule is CCNC(=O)N1CCC(NC2CCCC2)C1. The first-order valence-electron chi connectivity index (χ1n) is 6.58. The molecule has 4 nitrogen and oxygen atoms in total. The van der Waals surface area contributed by atoms with Crippen LogP contribution in [0.5, 0.6) is 0 Å². The zero-order valence-electron chi connectivity index (χ0n) is 10.2. The molecule has 92 valence electrons. The van der Waals surface area contributed by atoms with Crippen LogP contribution < -0.4 is 10.6 Å². The van der Waals surface area contributed by atoms with Crippen LogP contribution in [-0.2, 0) is 0 Å². The third-order valence-corrected chi connectivity index (χ3v) is 3.63. The number of amides is 2. The van der Waals surface area contributed by atoms with E-state index < -0.39 is 0 Å². The van der Waals surface area contributed by atoms with Gasteiger partial charge in [-0.1, -0.05) is 12.8 Å². The van der Waals surface area contributed by atoms with Gasteiger partial charge in [0.2, 0.25) is 0 Å². The molecule has 0 aromatic heterocycles. The van der Waals surface area contributed by atoms with Gasteiger partial charge in [0.1, 0.15) is 0 Å². The van der Waals surface area contributed by atoms with E-state index in [4.69, 9.17) is 0 Å². The summed E-state index contributed by atoms with van der Waals surface area (Å²) in [6.45, 7) is 4.46. The summed E-state index contributed by atoms with van der Waals surface area (Å²) < 4.78 is 0. The highest BCUT2D eigenvalue weighted by atomic mass is 16.2. The average Bonchev–Trinajstić information content (AvgIpc) is 2.90. The first-order valence-corrected chi connectivity index (χ1v) is 6.58. The highest BCUT2D eigenvalue weighted by Gasteiger charge is 2.28. The number of likely N-dealkylation sites (tertiary alicyclic amines) is 1. The lowest BCUT2D eigenvalue weighted by atomic mass is 10.2. The number of carbonyl (C=O) groups excluding carboxylic acids is 1. The fraction of sp³-hybridized carbons (Fsp3) is 0.917. The van der Waals surface area contributed by atoms with Gasteiger partial charge in [-0.25, -0.2) is 4.79 Å². The molecule has 4 heteroatoms. The number of carbonyl (C=O) groups is 1. The number of nitrogens with one attached hydrogen (secondary N) is 2. The normalized spacial score (nSPS) is 26.3. The summed E-state index contributed by atoms with van der Waals surface area (Å²) in [6.07, 6.45) is 6.47. The molecule has 1 unspecified atom stereocenters. The summed E-state index contributed by atoms with van der Waals surface area (Å²) in [5.74, 6) is 0. The molecular formula is C12H23N3O. The Morgan fingerprint density at radius 2 is 2.00 bits per heavy atom. The molecule has 0 radical (unpaired) electrons. The Morgan fingerprint density at radius 3 is 2.69 bits per heavy atom. The van der Waals surface area contributed by atoms with Gasteiger partial charge in [-0.3, -0.25) is 0 Å². The Kier molecular flexibility index (Phi) is 4.04. The van der Waals surface area contributed by atoms with Gasteiger partial charge in [-0.05, 0) is 26.2 Å². The van der Waals surface area contributed by atoms with Crippen LogP contribution in [-0.4, -0.2) is 42.6 Å². The van der Waals surface area contributed by atoms with E-state index in [0.29, 0.717) is 12.1 Å². The second-order valence-corrected chi connectivity index (χ2v) is 4.92. The number of nitrogens with zero attached hydrogens (tertiary/aromatic N) is 1. The fourth-order valence-electron chi connectivity index (χ4n) is 2.77. The maximum Gasteiger partial charge on any atom is 0.317 e. The van der Waals surface area contributed by atoms with Crippen LogP contribution in [0.2, 0.25) is 0 Å². The molecule has 0 bridgehead atoms. The van der Waals surface area contributed by atoms with Crippen molar-refractivity contribution in [2.24, 2.45) is 0 Å². The van der Waals surface area contributed by atoms with Crippen LogP contribution in [0, 0.1) is 0 Å². The van der Waals surface area contributed by atoms with Crippen LogP contribution in [0.25, 0.3) is 0 Å². The largest absolute Gasteiger partial charge is 0.338 e. The molecule has 1 aliphatic carbocycles. The van der Waals surface area contributed by atoms with E-state index >= 15 is 0 Å². The Balaban J connectivity index is 1.72. The summed E-state index contributed by atoms with van der Waals surface area (Å²) >= 11 is 0. The molecule has 0 spiro atoms. The topological polar surface area (TPSA) is 44.4 Å². The van der Waals surface area contributed by atoms with Crippen LogP contribution in [0.1, 0.15) is 39.0 Å². The Hall–Kier alpha value is -0.770. The average molecular weight is 225 g/mol. The van der Waals surface area contributed by atoms with E-state index in [1.807, 2.05) is 11.8 Å². The molecule has 1 saturated heterocycles. The minimum absolute atomic E-state index is 0.0956. The first-order chi connectivity index (χ1) is 7.79. The third-order valence-electron chi connectivity index (χ3n) is 3.63. The Morgan fingerprint density at radius 1 is 1.25 bits per heavy atom. The Labute approximate surface area is 97.8 Å². The van der Waals surface area contributed by atoms with Crippen molar-refractivity contribution in [2.45, 2.75) is 51.1 Å². The molecule has 1 heterocycles. The summed E-state index contributed by atoms with van der Waals surface area (Å²) in [7, 11) is 0. The lowest BCUT2D eigenvalue weighted by molar-refractivity contribution is 0.208. The maximum absolute atomic E-state index is 11.6. The van der Waals surface area contributed by atoms with Crippen molar-refractivity contribution in [3.05, 3.63) is 0 Å². The second kappa shape index (κ2) is 5.53. The lowest BCUT2D eigenvalue weighted by Crippen LogP contribution is -2.42. The number of urea groups is 1. The van der Waals surface area contributed by atoms with Crippen molar-refractivity contribution < 1.29 is 4.79 Å². The first kappa shape index (κ1) is 11.7. The number of hydrogen-bond acceptors (Lipinski definition) is 2. The van der Waals surface area contributed by atoms with E-state index in [0.717, 1.165) is 26.1 Å². The quantitative estimate of drug-likeness (QED) is 0.761. The molecular weight excluding hydrogens is 202 g/mol. The lowest BCUT2D eigenvalue weighted by Gasteiger charge is -2.20. The predicted molar refractivity (Wildman–Crippen MR) is 64.4 cm³/mol. The van der Waals surface area contributed by atoms with E-state index in [1.165, 1.54) is 25.7 Å². The maximum atomic E-state index is 11.6. The summed E-state index contributed by atoms with van der Waals surface area (Å²) in [4.78, 5) is 13.5. The van der Waals surface area contributed by atoms with Crippen molar-refractivity contribution in [3.8, 4) is 0 Å². The molecule has 2 aliphatic rings. The van der Waals surface area contributed by atoms with Crippen molar-refractivity contribution in [1.29, 1.82) is 0 Å². The number of rotatable bonds is 3. The molecule has 1 saturated carbocycles. The van der Waals surface area contributed by atoms with Crippen LogP contribution in [0.3, 0.4) is 0 Å². The van der Waals surface area contributed by atoms with E-state index in [2.05, 4.69) is 10.6 Å². The van der Waals surface area contributed by atoms with Gasteiger partial charge < -0.3 is 15.5 Å². The molecule has 16 heavy (non-hydrogen) atoms. The molecule has 2 rings (SSSR count). The smallest absolute Gasteiger partial charge is 0.317 e. The highest BCUT2D eigenvalue weighted by molar-refractivity contribution is 5.74. The third kappa shape index (κ3) is 2.88. The molecule has 0 aromatic carbocycles. The van der Waals surface area contributed by atoms with Gasteiger partial charge in [0.05, 0.1) is 0 Å².